The summed E-state index contributed by atoms with van der Waals surface area (Å²) in [5.41, 5.74) is 3.07. The molecule has 0 unspecified atom stereocenters. The highest BCUT2D eigenvalue weighted by Crippen LogP contribution is 2.33. The van der Waals surface area contributed by atoms with Crippen molar-refractivity contribution in [3.63, 3.8) is 0 Å². The number of aryl methyl sites for hydroxylation is 3. The van der Waals surface area contributed by atoms with E-state index in [1.54, 1.807) is 40.6 Å². The van der Waals surface area contributed by atoms with Crippen LogP contribution in [0.5, 0.6) is 0 Å². The molecule has 3 heterocycles. The first-order valence-corrected chi connectivity index (χ1v) is 10.9. The van der Waals surface area contributed by atoms with Crippen molar-refractivity contribution < 1.29 is 8.91 Å². The lowest BCUT2D eigenvalue weighted by atomic mass is 9.93. The molecule has 154 valence electrons. The molecule has 0 bridgehead atoms. The van der Waals surface area contributed by atoms with E-state index in [-0.39, 0.29) is 11.4 Å². The maximum atomic E-state index is 13.1. The Kier molecular flexibility index (Phi) is 5.18. The third-order valence-corrected chi connectivity index (χ3v) is 6.82. The predicted molar refractivity (Wildman–Crippen MR) is 113 cm³/mol. The monoisotopic (exact) mass is 424 g/mol. The van der Waals surface area contributed by atoms with Crippen LogP contribution in [0, 0.1) is 5.82 Å². The van der Waals surface area contributed by atoms with Crippen LogP contribution < -0.4 is 10.9 Å². The highest BCUT2D eigenvalue weighted by atomic mass is 32.1. The number of halogens is 1. The molecule has 0 fully saturated rings. The lowest BCUT2D eigenvalue weighted by molar-refractivity contribution is 0.399. The zero-order chi connectivity index (χ0) is 20.5. The first-order chi connectivity index (χ1) is 14.7. The third kappa shape index (κ3) is 3.80. The molecule has 0 radical (unpaired) electrons. The number of benzene rings is 1. The summed E-state index contributed by atoms with van der Waals surface area (Å²) in [5, 5.41) is 8.24. The molecular formula is C22H21FN4O2S. The van der Waals surface area contributed by atoms with Crippen molar-refractivity contribution in [1.82, 2.24) is 20.0 Å². The third-order valence-electron chi connectivity index (χ3n) is 5.65. The molecule has 0 saturated heterocycles. The summed E-state index contributed by atoms with van der Waals surface area (Å²) in [5.74, 6) is -0.252. The smallest absolute Gasteiger partial charge is 0.262 e. The number of aromatic nitrogens is 3. The first-order valence-electron chi connectivity index (χ1n) is 10.0. The molecule has 1 aromatic carbocycles. The van der Waals surface area contributed by atoms with Gasteiger partial charge in [0.05, 0.1) is 17.4 Å². The van der Waals surface area contributed by atoms with Crippen LogP contribution in [0.3, 0.4) is 0 Å². The van der Waals surface area contributed by atoms with Crippen LogP contribution in [0.25, 0.3) is 10.2 Å². The van der Waals surface area contributed by atoms with E-state index < -0.39 is 0 Å². The Morgan fingerprint density at radius 3 is 2.93 bits per heavy atom. The van der Waals surface area contributed by atoms with Crippen LogP contribution in [0.4, 0.5) is 4.39 Å². The van der Waals surface area contributed by atoms with Crippen molar-refractivity contribution in [2.24, 2.45) is 0 Å². The fraction of sp³-hybridized carbons (Fsp3) is 0.318. The molecule has 1 N–H and O–H groups in total. The fourth-order valence-electron chi connectivity index (χ4n) is 4.01. The van der Waals surface area contributed by atoms with Gasteiger partial charge in [-0.1, -0.05) is 17.3 Å². The number of nitrogens with zero attached hydrogens (tertiary/aromatic N) is 3. The molecule has 5 rings (SSSR count). The Morgan fingerprint density at radius 2 is 2.13 bits per heavy atom. The van der Waals surface area contributed by atoms with Gasteiger partial charge in [0.1, 0.15) is 16.9 Å². The predicted octanol–water partition coefficient (Wildman–Crippen LogP) is 3.47. The van der Waals surface area contributed by atoms with Gasteiger partial charge in [-0.05, 0) is 48.9 Å². The van der Waals surface area contributed by atoms with Crippen LogP contribution in [0.15, 0.2) is 52.2 Å². The molecule has 1 aliphatic carbocycles. The molecule has 3 aromatic heterocycles. The lowest BCUT2D eigenvalue weighted by Gasteiger charge is -2.23. The average Bonchev–Trinajstić information content (AvgIpc) is 3.40. The number of hydrogen-bond donors (Lipinski definition) is 1. The van der Waals surface area contributed by atoms with E-state index in [1.165, 1.54) is 17.0 Å². The summed E-state index contributed by atoms with van der Waals surface area (Å²) in [4.78, 5) is 19.8. The number of fused-ring (bicyclic) bond motifs is 3. The summed E-state index contributed by atoms with van der Waals surface area (Å²) in [7, 11) is 0. The maximum Gasteiger partial charge on any atom is 0.262 e. The van der Waals surface area contributed by atoms with Crippen molar-refractivity contribution in [3.05, 3.63) is 80.8 Å². The molecule has 6 nitrogen and oxygen atoms in total. The van der Waals surface area contributed by atoms with Crippen LogP contribution in [0.2, 0.25) is 0 Å². The van der Waals surface area contributed by atoms with Gasteiger partial charge < -0.3 is 9.84 Å². The van der Waals surface area contributed by atoms with E-state index in [9.17, 15) is 9.18 Å². The SMILES string of the molecule is O=c1c2c3c(sc2ncn1CCc1ccc(F)cc1)C[C@@H](NCc1ccon1)CC3. The molecule has 1 aliphatic rings. The Labute approximate surface area is 176 Å². The number of nitrogens with one attached hydrogen (secondary N) is 1. The van der Waals surface area contributed by atoms with Gasteiger partial charge in [-0.2, -0.15) is 0 Å². The molecule has 0 amide bonds. The summed E-state index contributed by atoms with van der Waals surface area (Å²) < 4.78 is 19.6. The molecule has 0 spiro atoms. The minimum absolute atomic E-state index is 0.0219. The standard InChI is InChI=1S/C22H21FN4O2S/c23-15-3-1-14(2-4-15)7-9-27-13-25-21-20(22(27)28)18-6-5-16(11-19(18)30-21)24-12-17-8-10-29-26-17/h1-4,8,10,13,16,24H,5-7,9,11-12H2/t16-/m0/s1. The molecular weight excluding hydrogens is 403 g/mol. The van der Waals surface area contributed by atoms with Crippen LogP contribution in [-0.2, 0) is 32.4 Å². The van der Waals surface area contributed by atoms with Crippen molar-refractivity contribution in [2.45, 2.75) is 44.8 Å². The molecule has 8 heteroatoms. The largest absolute Gasteiger partial charge is 0.364 e. The molecule has 30 heavy (non-hydrogen) atoms. The van der Waals surface area contributed by atoms with Gasteiger partial charge in [0.15, 0.2) is 0 Å². The van der Waals surface area contributed by atoms with Gasteiger partial charge in [0.25, 0.3) is 5.56 Å². The van der Waals surface area contributed by atoms with E-state index in [4.69, 9.17) is 4.52 Å². The summed E-state index contributed by atoms with van der Waals surface area (Å²) in [6.45, 7) is 1.20. The number of rotatable bonds is 6. The summed E-state index contributed by atoms with van der Waals surface area (Å²) >= 11 is 1.63. The van der Waals surface area contributed by atoms with E-state index in [0.717, 1.165) is 46.3 Å². The fourth-order valence-corrected chi connectivity index (χ4v) is 5.27. The Hall–Kier alpha value is -2.84. The van der Waals surface area contributed by atoms with E-state index in [1.807, 2.05) is 6.07 Å². The minimum Gasteiger partial charge on any atom is -0.364 e. The number of hydrogen-bond acceptors (Lipinski definition) is 6. The second-order valence-electron chi connectivity index (χ2n) is 7.61. The quantitative estimate of drug-likeness (QED) is 0.513. The first kappa shape index (κ1) is 19.1. The van der Waals surface area contributed by atoms with Gasteiger partial charge in [0.2, 0.25) is 0 Å². The van der Waals surface area contributed by atoms with E-state index in [0.29, 0.717) is 25.6 Å². The van der Waals surface area contributed by atoms with Gasteiger partial charge in [-0.15, -0.1) is 11.3 Å². The Morgan fingerprint density at radius 1 is 1.27 bits per heavy atom. The van der Waals surface area contributed by atoms with Gasteiger partial charge >= 0.3 is 0 Å². The Balaban J connectivity index is 1.33. The van der Waals surface area contributed by atoms with Crippen molar-refractivity contribution in [2.75, 3.05) is 0 Å². The van der Waals surface area contributed by atoms with Crippen molar-refractivity contribution in [3.8, 4) is 0 Å². The van der Waals surface area contributed by atoms with Crippen LogP contribution >= 0.6 is 11.3 Å². The number of thiophene rings is 1. The lowest BCUT2D eigenvalue weighted by Crippen LogP contribution is -2.34. The average molecular weight is 425 g/mol. The van der Waals surface area contributed by atoms with Crippen LogP contribution in [-0.4, -0.2) is 20.7 Å². The van der Waals surface area contributed by atoms with Gasteiger partial charge in [-0.25, -0.2) is 9.37 Å². The molecule has 4 aromatic rings. The van der Waals surface area contributed by atoms with E-state index >= 15 is 0 Å². The van der Waals surface area contributed by atoms with Crippen molar-refractivity contribution in [1.29, 1.82) is 0 Å². The highest BCUT2D eigenvalue weighted by Gasteiger charge is 2.25. The summed E-state index contributed by atoms with van der Waals surface area (Å²) in [6.07, 6.45) is 6.60. The van der Waals surface area contributed by atoms with E-state index in [2.05, 4.69) is 15.5 Å². The van der Waals surface area contributed by atoms with Crippen molar-refractivity contribution >= 4 is 21.6 Å². The van der Waals surface area contributed by atoms with Gasteiger partial charge in [-0.3, -0.25) is 9.36 Å². The minimum atomic E-state index is -0.252. The molecule has 1 atom stereocenters. The Bertz CT molecular complexity index is 1210. The summed E-state index contributed by atoms with van der Waals surface area (Å²) in [6, 6.07) is 8.61. The second kappa shape index (κ2) is 8.12. The van der Waals surface area contributed by atoms with Gasteiger partial charge in [0, 0.05) is 30.1 Å². The topological polar surface area (TPSA) is 73.0 Å². The van der Waals surface area contributed by atoms with Crippen LogP contribution in [0.1, 0.15) is 28.1 Å². The zero-order valence-corrected chi connectivity index (χ0v) is 17.1. The highest BCUT2D eigenvalue weighted by molar-refractivity contribution is 7.18. The zero-order valence-electron chi connectivity index (χ0n) is 16.3. The second-order valence-corrected chi connectivity index (χ2v) is 8.70. The molecule has 0 saturated carbocycles. The normalized spacial score (nSPS) is 16.1. The molecule has 0 aliphatic heterocycles. The maximum absolute atomic E-state index is 13.1.